The van der Waals surface area contributed by atoms with Crippen molar-refractivity contribution in [3.8, 4) is 11.4 Å². The summed E-state index contributed by atoms with van der Waals surface area (Å²) in [6.45, 7) is -1.65. The lowest BCUT2D eigenvalue weighted by Gasteiger charge is -1.94. The van der Waals surface area contributed by atoms with Gasteiger partial charge in [-0.15, -0.1) is 0 Å². The molecule has 1 aliphatic rings. The van der Waals surface area contributed by atoms with Crippen molar-refractivity contribution in [3.05, 3.63) is 54.6 Å². The highest BCUT2D eigenvalue weighted by molar-refractivity contribution is 5.91. The number of pyridine rings is 2. The third kappa shape index (κ3) is 1.04. The van der Waals surface area contributed by atoms with Crippen molar-refractivity contribution in [1.29, 1.82) is 0 Å². The van der Waals surface area contributed by atoms with Crippen LogP contribution in [0.1, 0.15) is 9.81 Å². The molecule has 0 radical (unpaired) electrons. The molecule has 96 valence electrons. The second-order valence-electron chi connectivity index (χ2n) is 5.10. The normalized spacial score (nSPS) is 15.9. The largest absolute Gasteiger partial charge is 0.316 e. The van der Waals surface area contributed by atoms with E-state index in [1.54, 1.807) is 6.20 Å². The molecule has 0 amide bonds. The fourth-order valence-corrected chi connectivity index (χ4v) is 3.21. The summed E-state index contributed by atoms with van der Waals surface area (Å²) in [6.07, 6.45) is 5.57. The molecule has 0 atom stereocenters. The fourth-order valence-electron chi connectivity index (χ4n) is 3.21. The molecule has 0 N–H and O–H groups in total. The number of fused-ring (bicyclic) bond motifs is 7. The Morgan fingerprint density at radius 2 is 2.25 bits per heavy atom. The van der Waals surface area contributed by atoms with E-state index in [0.717, 1.165) is 27.8 Å². The Bertz CT molecular complexity index is 1090. The highest BCUT2D eigenvalue weighted by atomic mass is 15.2. The van der Waals surface area contributed by atoms with Gasteiger partial charge >= 0.3 is 0 Å². The number of aromatic nitrogens is 4. The van der Waals surface area contributed by atoms with E-state index in [-0.39, 0.29) is 0 Å². The Labute approximate surface area is 119 Å². The zero-order valence-corrected chi connectivity index (χ0v) is 10.6. The number of hydrogen-bond donors (Lipinski definition) is 0. The summed E-state index contributed by atoms with van der Waals surface area (Å²) in [5.41, 5.74) is 4.47. The smallest absolute Gasteiger partial charge is 0.292 e. The van der Waals surface area contributed by atoms with Crippen LogP contribution >= 0.6 is 0 Å². The average molecular weight is 264 g/mol. The van der Waals surface area contributed by atoms with Gasteiger partial charge in [0, 0.05) is 12.4 Å². The number of nitrogens with zero attached hydrogens (tertiary/aromatic N) is 4. The van der Waals surface area contributed by atoms with Crippen molar-refractivity contribution in [2.24, 2.45) is 6.98 Å². The Morgan fingerprint density at radius 1 is 1.25 bits per heavy atom. The molecule has 1 aliphatic heterocycles. The van der Waals surface area contributed by atoms with Gasteiger partial charge in [0.2, 0.25) is 5.52 Å². The molecule has 0 spiro atoms. The van der Waals surface area contributed by atoms with Gasteiger partial charge in [-0.05, 0) is 24.3 Å². The maximum absolute atomic E-state index is 8.01. The Hall–Kier alpha value is -2.62. The van der Waals surface area contributed by atoms with Crippen molar-refractivity contribution in [3.63, 3.8) is 0 Å². The summed E-state index contributed by atoms with van der Waals surface area (Å²) in [4.78, 5) is 4.42. The van der Waals surface area contributed by atoms with Crippen molar-refractivity contribution < 1.29 is 8.68 Å². The molecule has 0 saturated heterocycles. The van der Waals surface area contributed by atoms with E-state index in [1.807, 2.05) is 47.1 Å². The second-order valence-corrected chi connectivity index (χ2v) is 5.10. The first-order chi connectivity index (χ1) is 11.1. The summed E-state index contributed by atoms with van der Waals surface area (Å²) in [5, 5.41) is 0. The maximum Gasteiger partial charge on any atom is 0.292 e. The molecule has 20 heavy (non-hydrogen) atoms. The minimum Gasteiger partial charge on any atom is -0.316 e. The van der Waals surface area contributed by atoms with E-state index in [9.17, 15) is 0 Å². The molecule has 4 heteroatoms. The van der Waals surface area contributed by atoms with Crippen LogP contribution in [0.25, 0.3) is 27.9 Å². The first-order valence-electron chi connectivity index (χ1n) is 8.04. The molecule has 0 unspecified atom stereocenters. The molecular formula is C16H13N4+. The summed E-state index contributed by atoms with van der Waals surface area (Å²) < 4.78 is 29.5. The van der Waals surface area contributed by atoms with Crippen LogP contribution in [-0.4, -0.2) is 14.0 Å². The zero-order chi connectivity index (χ0) is 15.8. The number of imidazole rings is 1. The minimum atomic E-state index is -2.25. The van der Waals surface area contributed by atoms with Crippen LogP contribution in [0.2, 0.25) is 0 Å². The van der Waals surface area contributed by atoms with Crippen molar-refractivity contribution >= 4 is 16.6 Å². The molecule has 0 aromatic carbocycles. The summed E-state index contributed by atoms with van der Waals surface area (Å²) >= 11 is 0. The van der Waals surface area contributed by atoms with Crippen molar-refractivity contribution in [2.45, 2.75) is 6.54 Å². The number of rotatable bonds is 0. The van der Waals surface area contributed by atoms with E-state index in [4.69, 9.17) is 4.11 Å². The second kappa shape index (κ2) is 3.28. The SMILES string of the molecule is [2H]C([2H])([2H])n1c2[n+](c3c1cn1ccccc31)Cc1ncccc1-2. The highest BCUT2D eigenvalue weighted by Gasteiger charge is 2.34. The first kappa shape index (κ1) is 7.85. The molecule has 4 aromatic rings. The topological polar surface area (TPSA) is 26.1 Å². The highest BCUT2D eigenvalue weighted by Crippen LogP contribution is 2.31. The Balaban J connectivity index is 2.01. The van der Waals surface area contributed by atoms with Crippen LogP contribution in [0.4, 0.5) is 0 Å². The van der Waals surface area contributed by atoms with Crippen molar-refractivity contribution in [2.75, 3.05) is 0 Å². The van der Waals surface area contributed by atoms with E-state index in [1.165, 1.54) is 4.57 Å². The summed E-state index contributed by atoms with van der Waals surface area (Å²) in [6, 6.07) is 9.71. The maximum atomic E-state index is 8.01. The quantitative estimate of drug-likeness (QED) is 0.394. The monoisotopic (exact) mass is 264 g/mol. The van der Waals surface area contributed by atoms with E-state index >= 15 is 0 Å². The van der Waals surface area contributed by atoms with Gasteiger partial charge in [0.25, 0.3) is 5.82 Å². The van der Waals surface area contributed by atoms with Crippen LogP contribution in [0, 0.1) is 0 Å². The van der Waals surface area contributed by atoms with E-state index in [2.05, 4.69) is 9.55 Å². The van der Waals surface area contributed by atoms with E-state index in [0.29, 0.717) is 12.4 Å². The summed E-state index contributed by atoms with van der Waals surface area (Å²) in [7, 11) is 0. The van der Waals surface area contributed by atoms with Gasteiger partial charge in [-0.3, -0.25) is 4.98 Å². The van der Waals surface area contributed by atoms with Gasteiger partial charge in [-0.1, -0.05) is 6.07 Å². The van der Waals surface area contributed by atoms with Crippen LogP contribution < -0.4 is 4.57 Å². The lowest BCUT2D eigenvalue weighted by molar-refractivity contribution is -0.645. The van der Waals surface area contributed by atoms with Gasteiger partial charge in [0.05, 0.1) is 34.1 Å². The first-order valence-corrected chi connectivity index (χ1v) is 6.54. The predicted octanol–water partition coefficient (Wildman–Crippen LogP) is 2.14. The molecule has 0 aliphatic carbocycles. The van der Waals surface area contributed by atoms with Gasteiger partial charge in [0.1, 0.15) is 6.54 Å². The third-order valence-corrected chi connectivity index (χ3v) is 4.05. The third-order valence-electron chi connectivity index (χ3n) is 4.05. The Kier molecular flexibility index (Phi) is 1.29. The predicted molar refractivity (Wildman–Crippen MR) is 76.4 cm³/mol. The van der Waals surface area contributed by atoms with Crippen LogP contribution in [-0.2, 0) is 13.5 Å². The Morgan fingerprint density at radius 3 is 3.20 bits per heavy atom. The zero-order valence-electron chi connectivity index (χ0n) is 13.6. The molecule has 0 bridgehead atoms. The molecule has 5 rings (SSSR count). The standard InChI is InChI=1S/C16H13N4/c1-18-14-10-19-8-3-2-6-13(19)15(14)20-9-12-11(16(18)20)5-4-7-17-12/h2-8,10H,9H2,1H3/q+1/i1D3. The van der Waals surface area contributed by atoms with Gasteiger partial charge < -0.3 is 4.40 Å². The molecule has 5 heterocycles. The van der Waals surface area contributed by atoms with Crippen molar-refractivity contribution in [1.82, 2.24) is 14.0 Å². The fraction of sp³-hybridized carbons (Fsp3) is 0.125. The van der Waals surface area contributed by atoms with Gasteiger partial charge in [0.15, 0.2) is 5.52 Å². The lowest BCUT2D eigenvalue weighted by Crippen LogP contribution is -2.31. The van der Waals surface area contributed by atoms with E-state index < -0.39 is 6.98 Å². The molecular weight excluding hydrogens is 248 g/mol. The minimum absolute atomic E-state index is 0.597. The lowest BCUT2D eigenvalue weighted by atomic mass is 10.2. The van der Waals surface area contributed by atoms with Crippen LogP contribution in [0.5, 0.6) is 0 Å². The van der Waals surface area contributed by atoms with Gasteiger partial charge in [-0.2, -0.15) is 0 Å². The molecule has 0 saturated carbocycles. The van der Waals surface area contributed by atoms with Crippen LogP contribution in [0.3, 0.4) is 0 Å². The molecule has 4 aromatic heterocycles. The number of aryl methyl sites for hydroxylation is 1. The molecule has 0 fully saturated rings. The average Bonchev–Trinajstić information content (AvgIpc) is 3.12. The number of hydrogen-bond acceptors (Lipinski definition) is 1. The summed E-state index contributed by atoms with van der Waals surface area (Å²) in [5.74, 6) is 0.712. The van der Waals surface area contributed by atoms with Crippen LogP contribution in [0.15, 0.2) is 48.9 Å². The van der Waals surface area contributed by atoms with Gasteiger partial charge in [-0.25, -0.2) is 9.13 Å². The molecule has 4 nitrogen and oxygen atoms in total.